The molecule has 1 aromatic heterocycles. The maximum Gasteiger partial charge on any atom is 0.176 e. The van der Waals surface area contributed by atoms with Gasteiger partial charge >= 0.3 is 0 Å². The van der Waals surface area contributed by atoms with Crippen molar-refractivity contribution >= 4 is 34.6 Å². The summed E-state index contributed by atoms with van der Waals surface area (Å²) in [5, 5.41) is 7.72. The Hall–Kier alpha value is -2.97. The van der Waals surface area contributed by atoms with Gasteiger partial charge in [-0.1, -0.05) is 17.7 Å². The first kappa shape index (κ1) is 17.9. The first-order chi connectivity index (χ1) is 14.6. The molecule has 0 saturated carbocycles. The average Bonchev–Trinajstić information content (AvgIpc) is 3.00. The zero-order valence-electron chi connectivity index (χ0n) is 15.6. The monoisotopic (exact) mass is 427 g/mol. The van der Waals surface area contributed by atoms with Crippen LogP contribution in [0.1, 0.15) is 12.0 Å². The predicted octanol–water partition coefficient (Wildman–Crippen LogP) is 4.29. The van der Waals surface area contributed by atoms with Crippen LogP contribution in [0.3, 0.4) is 0 Å². The van der Waals surface area contributed by atoms with Crippen LogP contribution in [0.25, 0.3) is 5.69 Å². The number of hydrogen-bond acceptors (Lipinski definition) is 5. The van der Waals surface area contributed by atoms with Gasteiger partial charge in [-0.25, -0.2) is 18.5 Å². The van der Waals surface area contributed by atoms with E-state index in [-0.39, 0.29) is 11.4 Å². The van der Waals surface area contributed by atoms with E-state index < -0.39 is 11.6 Å². The average molecular weight is 428 g/mol. The number of nitrogens with zero attached hydrogens (tertiary/aromatic N) is 4. The second-order valence-corrected chi connectivity index (χ2v) is 8.01. The van der Waals surface area contributed by atoms with Crippen LogP contribution in [0.4, 0.5) is 26.0 Å². The van der Waals surface area contributed by atoms with E-state index >= 15 is 0 Å². The number of ether oxygens (including phenoxy) is 1. The molecule has 0 aliphatic carbocycles. The maximum absolute atomic E-state index is 14.5. The van der Waals surface area contributed by atoms with E-state index in [2.05, 4.69) is 20.3 Å². The Morgan fingerprint density at radius 3 is 2.60 bits per heavy atom. The molecule has 6 rings (SSSR count). The van der Waals surface area contributed by atoms with Crippen molar-refractivity contribution in [2.45, 2.75) is 18.5 Å². The lowest BCUT2D eigenvalue weighted by Gasteiger charge is -2.54. The van der Waals surface area contributed by atoms with Crippen LogP contribution in [0, 0.1) is 11.6 Å². The van der Waals surface area contributed by atoms with Crippen molar-refractivity contribution in [3.63, 3.8) is 0 Å². The maximum atomic E-state index is 14.5. The summed E-state index contributed by atoms with van der Waals surface area (Å²) < 4.78 is 36.1. The zero-order chi connectivity index (χ0) is 20.4. The molecular weight excluding hydrogens is 412 g/mol. The number of morpholine rings is 1. The molecule has 2 unspecified atom stereocenters. The van der Waals surface area contributed by atoms with Crippen LogP contribution < -0.4 is 10.2 Å². The van der Waals surface area contributed by atoms with Gasteiger partial charge in [0.25, 0.3) is 0 Å². The van der Waals surface area contributed by atoms with E-state index in [1.165, 1.54) is 24.4 Å². The molecule has 0 radical (unpaired) electrons. The summed E-state index contributed by atoms with van der Waals surface area (Å²) in [5.74, 6) is -1.08. The topological polar surface area (TPSA) is 54.7 Å². The van der Waals surface area contributed by atoms with Gasteiger partial charge in [0.2, 0.25) is 0 Å². The van der Waals surface area contributed by atoms with Gasteiger partial charge < -0.3 is 15.0 Å². The largest absolute Gasteiger partial charge is 0.377 e. The first-order valence-electron chi connectivity index (χ1n) is 9.64. The lowest BCUT2D eigenvalue weighted by atomic mass is 9.90. The number of aromatic nitrogens is 2. The van der Waals surface area contributed by atoms with Gasteiger partial charge in [0.1, 0.15) is 22.5 Å². The molecule has 2 fully saturated rings. The summed E-state index contributed by atoms with van der Waals surface area (Å²) in [4.78, 5) is 6.78. The number of rotatable bonds is 2. The Morgan fingerprint density at radius 1 is 1.10 bits per heavy atom. The highest BCUT2D eigenvalue weighted by Crippen LogP contribution is 2.41. The van der Waals surface area contributed by atoms with Gasteiger partial charge in [0.05, 0.1) is 48.4 Å². The van der Waals surface area contributed by atoms with Gasteiger partial charge in [-0.05, 0) is 36.8 Å². The van der Waals surface area contributed by atoms with Gasteiger partial charge in [-0.2, -0.15) is 5.10 Å². The Kier molecular flexibility index (Phi) is 3.88. The summed E-state index contributed by atoms with van der Waals surface area (Å²) in [7, 11) is 0. The van der Waals surface area contributed by atoms with Crippen molar-refractivity contribution in [2.24, 2.45) is 4.99 Å². The number of aliphatic imine (C=N–C) groups is 1. The number of hydrogen-bond donors (Lipinski definition) is 1. The zero-order valence-corrected chi connectivity index (χ0v) is 16.4. The third kappa shape index (κ3) is 2.57. The fourth-order valence-electron chi connectivity index (χ4n) is 4.42. The summed E-state index contributed by atoms with van der Waals surface area (Å²) in [6.07, 6.45) is 2.59. The SMILES string of the molecule is Fc1cccc(F)c1C1=Nc2c(Cl)cnn2-c2cc(N3C4COCC3C4)ccc2N1. The quantitative estimate of drug-likeness (QED) is 0.663. The molecule has 2 aromatic carbocycles. The standard InChI is InChI=1S/C21H16ClF2N5O/c22-14-8-25-29-18-7-11(28-12-6-13(28)10-30-9-12)4-5-17(18)26-20(27-21(14)29)19-15(23)2-1-3-16(19)24/h1-5,7-8,12-13H,6,9-10H2,(H,26,27). The number of fused-ring (bicyclic) bond motifs is 5. The van der Waals surface area contributed by atoms with E-state index in [0.29, 0.717) is 47.5 Å². The highest BCUT2D eigenvalue weighted by Gasteiger charge is 2.42. The van der Waals surface area contributed by atoms with Crippen molar-refractivity contribution in [1.29, 1.82) is 0 Å². The number of benzene rings is 2. The molecule has 3 aliphatic rings. The lowest BCUT2D eigenvalue weighted by molar-refractivity contribution is 0.0103. The van der Waals surface area contributed by atoms with E-state index in [1.54, 1.807) is 4.68 Å². The fourth-order valence-corrected chi connectivity index (χ4v) is 4.59. The number of anilines is 2. The molecule has 0 spiro atoms. The normalized spacial score (nSPS) is 21.7. The van der Waals surface area contributed by atoms with E-state index in [0.717, 1.165) is 12.1 Å². The smallest absolute Gasteiger partial charge is 0.176 e. The molecule has 6 nitrogen and oxygen atoms in total. The molecule has 9 heteroatoms. The molecule has 2 bridgehead atoms. The second-order valence-electron chi connectivity index (χ2n) is 7.60. The molecule has 3 aliphatic heterocycles. The van der Waals surface area contributed by atoms with E-state index in [1.807, 2.05) is 18.2 Å². The minimum Gasteiger partial charge on any atom is -0.377 e. The minimum atomic E-state index is -0.711. The summed E-state index contributed by atoms with van der Waals surface area (Å²) >= 11 is 6.32. The van der Waals surface area contributed by atoms with Gasteiger partial charge in [-0.3, -0.25) is 0 Å². The van der Waals surface area contributed by atoms with Crippen LogP contribution in [0.5, 0.6) is 0 Å². The molecule has 30 heavy (non-hydrogen) atoms. The van der Waals surface area contributed by atoms with Crippen LogP contribution in [-0.4, -0.2) is 40.9 Å². The highest BCUT2D eigenvalue weighted by atomic mass is 35.5. The van der Waals surface area contributed by atoms with Crippen LogP contribution in [0.15, 0.2) is 47.6 Å². The van der Waals surface area contributed by atoms with Gasteiger partial charge in [0, 0.05) is 5.69 Å². The predicted molar refractivity (Wildman–Crippen MR) is 110 cm³/mol. The van der Waals surface area contributed by atoms with Crippen molar-refractivity contribution in [2.75, 3.05) is 23.4 Å². The highest BCUT2D eigenvalue weighted by molar-refractivity contribution is 6.33. The molecule has 4 heterocycles. The minimum absolute atomic E-state index is 0.0370. The van der Waals surface area contributed by atoms with Crippen molar-refractivity contribution in [3.8, 4) is 5.69 Å². The molecule has 2 saturated heterocycles. The molecule has 1 N–H and O–H groups in total. The Labute approximate surface area is 175 Å². The summed E-state index contributed by atoms with van der Waals surface area (Å²) in [6.45, 7) is 1.43. The third-order valence-corrected chi connectivity index (χ3v) is 6.10. The lowest BCUT2D eigenvalue weighted by Crippen LogP contribution is -2.64. The molecule has 152 valence electrons. The second kappa shape index (κ2) is 6.52. The molecular formula is C21H16ClF2N5O. The van der Waals surface area contributed by atoms with Crippen molar-refractivity contribution in [1.82, 2.24) is 9.78 Å². The Balaban J connectivity index is 1.49. The van der Waals surface area contributed by atoms with Crippen LogP contribution in [0.2, 0.25) is 5.02 Å². The first-order valence-corrected chi connectivity index (χ1v) is 10.0. The summed E-state index contributed by atoms with van der Waals surface area (Å²) in [6, 6.07) is 10.3. The van der Waals surface area contributed by atoms with Crippen LogP contribution >= 0.6 is 11.6 Å². The molecule has 0 amide bonds. The molecule has 2 atom stereocenters. The van der Waals surface area contributed by atoms with Crippen molar-refractivity contribution < 1.29 is 13.5 Å². The Bertz CT molecular complexity index is 1180. The number of nitrogens with one attached hydrogen (secondary N) is 1. The fraction of sp³-hybridized carbons (Fsp3) is 0.238. The van der Waals surface area contributed by atoms with Crippen molar-refractivity contribution in [3.05, 3.63) is 64.8 Å². The number of amidine groups is 1. The van der Waals surface area contributed by atoms with E-state index in [4.69, 9.17) is 16.3 Å². The third-order valence-electron chi connectivity index (χ3n) is 5.83. The summed E-state index contributed by atoms with van der Waals surface area (Å²) in [5.41, 5.74) is 2.13. The van der Waals surface area contributed by atoms with Gasteiger partial charge in [0.15, 0.2) is 5.82 Å². The molecule has 3 aromatic rings. The van der Waals surface area contributed by atoms with E-state index in [9.17, 15) is 8.78 Å². The number of halogens is 3. The van der Waals surface area contributed by atoms with Crippen LogP contribution in [-0.2, 0) is 4.74 Å². The van der Waals surface area contributed by atoms with Gasteiger partial charge in [-0.15, -0.1) is 0 Å². The Morgan fingerprint density at radius 2 is 1.87 bits per heavy atom.